The molecule has 1 N–H and O–H groups in total. The first-order valence-electron chi connectivity index (χ1n) is 10.4. The first-order chi connectivity index (χ1) is 15.8. The summed E-state index contributed by atoms with van der Waals surface area (Å²) in [5.74, 6) is 0. The van der Waals surface area contributed by atoms with Crippen LogP contribution in [-0.2, 0) is 24.0 Å². The van der Waals surface area contributed by atoms with Crippen molar-refractivity contribution in [3.05, 3.63) is 88.7 Å². The number of amides is 2. The molecule has 0 saturated heterocycles. The van der Waals surface area contributed by atoms with E-state index in [9.17, 15) is 18.0 Å². The summed E-state index contributed by atoms with van der Waals surface area (Å²) in [5, 5.41) is 3.35. The zero-order chi connectivity index (χ0) is 23.8. The summed E-state index contributed by atoms with van der Waals surface area (Å²) in [4.78, 5) is 14.6. The Balaban J connectivity index is 1.75. The lowest BCUT2D eigenvalue weighted by molar-refractivity contribution is -0.137. The van der Waals surface area contributed by atoms with E-state index in [-0.39, 0.29) is 19.1 Å². The Bertz CT molecular complexity index is 1070. The number of anilines is 1. The maximum Gasteiger partial charge on any atom is 0.416 e. The number of alkyl halides is 3. The average molecular weight is 480 g/mol. The van der Waals surface area contributed by atoms with Gasteiger partial charge in [0.25, 0.3) is 0 Å². The Morgan fingerprint density at radius 2 is 1.91 bits per heavy atom. The van der Waals surface area contributed by atoms with Crippen molar-refractivity contribution in [3.8, 4) is 0 Å². The minimum absolute atomic E-state index is 0.258. The molecule has 2 amide bonds. The standard InChI is InChI=1S/C24H25ClF3N3O2/c1-33-13-5-12-31(23(32)29-21-9-3-8-20(25)15-21)17-22-10-4-11-30(22)16-18-6-2-7-19(14-18)24(26,27)28/h2-4,6-11,14-15H,5,12-13,16-17H2,1H3,(H,29,32). The molecule has 1 aromatic heterocycles. The van der Waals surface area contributed by atoms with E-state index in [1.165, 1.54) is 6.07 Å². The molecule has 0 radical (unpaired) electrons. The van der Waals surface area contributed by atoms with E-state index < -0.39 is 11.7 Å². The van der Waals surface area contributed by atoms with Gasteiger partial charge in [0.05, 0.1) is 12.1 Å². The predicted molar refractivity (Wildman–Crippen MR) is 122 cm³/mol. The number of carbonyl (C=O) groups is 1. The second-order valence-electron chi connectivity index (χ2n) is 7.53. The van der Waals surface area contributed by atoms with Crippen molar-refractivity contribution in [1.29, 1.82) is 0 Å². The van der Waals surface area contributed by atoms with E-state index in [1.54, 1.807) is 48.5 Å². The van der Waals surface area contributed by atoms with Gasteiger partial charge in [0.15, 0.2) is 0 Å². The third-order valence-electron chi connectivity index (χ3n) is 5.02. The number of ether oxygens (including phenoxy) is 1. The van der Waals surface area contributed by atoms with Gasteiger partial charge in [-0.3, -0.25) is 0 Å². The van der Waals surface area contributed by atoms with Crippen molar-refractivity contribution in [2.24, 2.45) is 0 Å². The molecule has 2 aromatic carbocycles. The number of hydrogen-bond donors (Lipinski definition) is 1. The summed E-state index contributed by atoms with van der Waals surface area (Å²) in [7, 11) is 1.59. The molecule has 9 heteroatoms. The van der Waals surface area contributed by atoms with Crippen LogP contribution in [0.25, 0.3) is 0 Å². The van der Waals surface area contributed by atoms with Crippen LogP contribution in [0.3, 0.4) is 0 Å². The molecule has 176 valence electrons. The number of nitrogens with one attached hydrogen (secondary N) is 1. The minimum atomic E-state index is -4.40. The molecule has 0 spiro atoms. The second-order valence-corrected chi connectivity index (χ2v) is 7.97. The van der Waals surface area contributed by atoms with Gasteiger partial charge < -0.3 is 19.5 Å². The molecular formula is C24H25ClF3N3O2. The zero-order valence-corrected chi connectivity index (χ0v) is 18.9. The number of hydrogen-bond acceptors (Lipinski definition) is 2. The number of nitrogens with zero attached hydrogens (tertiary/aromatic N) is 2. The van der Waals surface area contributed by atoms with E-state index in [0.29, 0.717) is 35.8 Å². The van der Waals surface area contributed by atoms with Crippen LogP contribution in [0.15, 0.2) is 66.9 Å². The van der Waals surface area contributed by atoms with Crippen LogP contribution in [0.2, 0.25) is 5.02 Å². The normalized spacial score (nSPS) is 11.4. The zero-order valence-electron chi connectivity index (χ0n) is 18.1. The van der Waals surface area contributed by atoms with Crippen molar-refractivity contribution in [2.45, 2.75) is 25.7 Å². The van der Waals surface area contributed by atoms with E-state index in [0.717, 1.165) is 17.8 Å². The molecule has 0 bridgehead atoms. The highest BCUT2D eigenvalue weighted by atomic mass is 35.5. The van der Waals surface area contributed by atoms with Gasteiger partial charge in [-0.15, -0.1) is 0 Å². The third kappa shape index (κ3) is 7.27. The maximum absolute atomic E-state index is 13.1. The molecule has 0 aliphatic carbocycles. The summed E-state index contributed by atoms with van der Waals surface area (Å²) in [5.41, 5.74) is 1.21. The van der Waals surface area contributed by atoms with Crippen molar-refractivity contribution >= 4 is 23.3 Å². The SMILES string of the molecule is COCCCN(Cc1cccn1Cc1cccc(C(F)(F)F)c1)C(=O)Nc1cccc(Cl)c1. The van der Waals surface area contributed by atoms with E-state index >= 15 is 0 Å². The Labute approximate surface area is 195 Å². The van der Waals surface area contributed by atoms with Gasteiger partial charge >= 0.3 is 12.2 Å². The van der Waals surface area contributed by atoms with Gasteiger partial charge in [0.1, 0.15) is 0 Å². The lowest BCUT2D eigenvalue weighted by atomic mass is 10.1. The van der Waals surface area contributed by atoms with Gasteiger partial charge in [-0.25, -0.2) is 4.79 Å². The van der Waals surface area contributed by atoms with Crippen molar-refractivity contribution < 1.29 is 22.7 Å². The fourth-order valence-corrected chi connectivity index (χ4v) is 3.60. The number of carbonyl (C=O) groups excluding carboxylic acids is 1. The fourth-order valence-electron chi connectivity index (χ4n) is 3.41. The highest BCUT2D eigenvalue weighted by molar-refractivity contribution is 6.30. The molecule has 0 saturated carbocycles. The molecular weight excluding hydrogens is 455 g/mol. The summed E-state index contributed by atoms with van der Waals surface area (Å²) in [6.45, 7) is 1.47. The molecule has 0 aliphatic rings. The minimum Gasteiger partial charge on any atom is -0.385 e. The van der Waals surface area contributed by atoms with Crippen LogP contribution in [0, 0.1) is 0 Å². The number of urea groups is 1. The largest absolute Gasteiger partial charge is 0.416 e. The van der Waals surface area contributed by atoms with E-state index in [1.807, 2.05) is 16.7 Å². The number of halogens is 4. The number of rotatable bonds is 9. The Hall–Kier alpha value is -2.97. The van der Waals surface area contributed by atoms with Crippen molar-refractivity contribution in [3.63, 3.8) is 0 Å². The monoisotopic (exact) mass is 479 g/mol. The number of aromatic nitrogens is 1. The molecule has 3 aromatic rings. The lowest BCUT2D eigenvalue weighted by Gasteiger charge is -2.24. The van der Waals surface area contributed by atoms with Crippen molar-refractivity contribution in [1.82, 2.24) is 9.47 Å². The first-order valence-corrected chi connectivity index (χ1v) is 10.7. The maximum atomic E-state index is 13.1. The van der Waals surface area contributed by atoms with Crippen LogP contribution < -0.4 is 5.32 Å². The first kappa shape index (κ1) is 24.7. The molecule has 1 heterocycles. The molecule has 0 aliphatic heterocycles. The Morgan fingerprint density at radius 1 is 1.12 bits per heavy atom. The number of benzene rings is 2. The third-order valence-corrected chi connectivity index (χ3v) is 5.26. The van der Waals surface area contributed by atoms with Crippen LogP contribution >= 0.6 is 11.6 Å². The van der Waals surface area contributed by atoms with E-state index in [2.05, 4.69) is 5.32 Å². The molecule has 0 atom stereocenters. The topological polar surface area (TPSA) is 46.5 Å². The van der Waals surface area contributed by atoms with Gasteiger partial charge in [0, 0.05) is 49.4 Å². The molecule has 33 heavy (non-hydrogen) atoms. The summed E-state index contributed by atoms with van der Waals surface area (Å²) >= 11 is 6.01. The molecule has 5 nitrogen and oxygen atoms in total. The summed E-state index contributed by atoms with van der Waals surface area (Å²) < 4.78 is 46.1. The summed E-state index contributed by atoms with van der Waals surface area (Å²) in [6, 6.07) is 15.5. The fraction of sp³-hybridized carbons (Fsp3) is 0.292. The van der Waals surface area contributed by atoms with Gasteiger partial charge in [0.2, 0.25) is 0 Å². The highest BCUT2D eigenvalue weighted by Crippen LogP contribution is 2.29. The van der Waals surface area contributed by atoms with Gasteiger partial charge in [-0.05, 0) is 54.4 Å². The van der Waals surface area contributed by atoms with E-state index in [4.69, 9.17) is 16.3 Å². The Morgan fingerprint density at radius 3 is 2.64 bits per heavy atom. The number of methoxy groups -OCH3 is 1. The molecule has 0 unspecified atom stereocenters. The quantitative estimate of drug-likeness (QED) is 0.367. The van der Waals surface area contributed by atoms with Crippen LogP contribution in [0.4, 0.5) is 23.7 Å². The average Bonchev–Trinajstić information content (AvgIpc) is 3.19. The predicted octanol–water partition coefficient (Wildman–Crippen LogP) is 6.28. The molecule has 3 rings (SSSR count). The second kappa shape index (κ2) is 11.2. The van der Waals surface area contributed by atoms with Gasteiger partial charge in [-0.2, -0.15) is 13.2 Å². The lowest BCUT2D eigenvalue weighted by Crippen LogP contribution is -2.36. The van der Waals surface area contributed by atoms with Crippen molar-refractivity contribution in [2.75, 3.05) is 25.6 Å². The van der Waals surface area contributed by atoms with Crippen LogP contribution in [-0.4, -0.2) is 35.8 Å². The van der Waals surface area contributed by atoms with Crippen LogP contribution in [0.5, 0.6) is 0 Å². The van der Waals surface area contributed by atoms with Crippen LogP contribution in [0.1, 0.15) is 23.2 Å². The smallest absolute Gasteiger partial charge is 0.385 e. The summed E-state index contributed by atoms with van der Waals surface area (Å²) in [6.07, 6.45) is -1.97. The Kier molecular flexibility index (Phi) is 8.41. The highest BCUT2D eigenvalue weighted by Gasteiger charge is 2.30. The molecule has 0 fully saturated rings. The van der Waals surface area contributed by atoms with Gasteiger partial charge in [-0.1, -0.05) is 29.8 Å².